The third kappa shape index (κ3) is 3.63. The van der Waals surface area contributed by atoms with Crippen molar-refractivity contribution in [3.8, 4) is 0 Å². The van der Waals surface area contributed by atoms with Crippen LogP contribution in [-0.2, 0) is 22.8 Å². The van der Waals surface area contributed by atoms with Crippen molar-refractivity contribution in [2.75, 3.05) is 36.0 Å². The van der Waals surface area contributed by atoms with Crippen LogP contribution in [0.15, 0.2) is 93.4 Å². The van der Waals surface area contributed by atoms with Gasteiger partial charge in [0.05, 0.1) is 16.8 Å². The Bertz CT molecular complexity index is 1770. The van der Waals surface area contributed by atoms with Crippen LogP contribution in [0, 0.1) is 5.21 Å². The number of nitrogens with zero attached hydrogens (tertiary/aromatic N) is 5. The van der Waals surface area contributed by atoms with Crippen molar-refractivity contribution in [3.63, 3.8) is 0 Å². The smallest absolute Gasteiger partial charge is 0.229 e. The summed E-state index contributed by atoms with van der Waals surface area (Å²) in [6.07, 6.45) is 2.05. The molecule has 0 saturated carbocycles. The summed E-state index contributed by atoms with van der Waals surface area (Å²) in [7, 11) is -3.83. The fourth-order valence-corrected chi connectivity index (χ4v) is 7.36. The molecule has 192 valence electrons. The Kier molecular flexibility index (Phi) is 5.19. The Hall–Kier alpha value is -4.31. The van der Waals surface area contributed by atoms with Crippen LogP contribution in [0.1, 0.15) is 16.8 Å². The molecule has 0 radical (unpaired) electrons. The molecule has 10 heteroatoms. The lowest BCUT2D eigenvalue weighted by molar-refractivity contribution is -0.751. The summed E-state index contributed by atoms with van der Waals surface area (Å²) in [5.74, 6) is 0. The van der Waals surface area contributed by atoms with Gasteiger partial charge in [0, 0.05) is 53.7 Å². The van der Waals surface area contributed by atoms with Gasteiger partial charge in [-0.25, -0.2) is 8.42 Å². The molecule has 0 amide bonds. The molecule has 3 aromatic carbocycles. The van der Waals surface area contributed by atoms with Gasteiger partial charge in [-0.15, -0.1) is 0 Å². The fraction of sp³-hybridized carbons (Fsp3) is 0.214. The lowest BCUT2D eigenvalue weighted by atomic mass is 10.1. The van der Waals surface area contributed by atoms with Gasteiger partial charge in [-0.2, -0.15) is 0 Å². The molecule has 0 bridgehead atoms. The number of sulfone groups is 1. The predicted octanol–water partition coefficient (Wildman–Crippen LogP) is 3.37. The van der Waals surface area contributed by atoms with Crippen LogP contribution < -0.4 is 14.8 Å². The molecule has 38 heavy (non-hydrogen) atoms. The first-order valence-corrected chi connectivity index (χ1v) is 14.0. The number of piperazine rings is 1. The summed E-state index contributed by atoms with van der Waals surface area (Å²) < 4.78 is 33.6. The van der Waals surface area contributed by atoms with E-state index in [-0.39, 0.29) is 16.5 Å². The van der Waals surface area contributed by atoms with E-state index in [0.717, 1.165) is 54.1 Å². The number of hydrogen-bond acceptors (Lipinski definition) is 7. The average molecular weight is 528 g/mol. The Morgan fingerprint density at radius 1 is 0.895 bits per heavy atom. The number of furan rings is 1. The predicted molar refractivity (Wildman–Crippen MR) is 142 cm³/mol. The SMILES string of the molecule is O=S1(=O)c2ccccc2Cc2n[n+]([O-])n(Cc3ccc(N4CCN(c5cccc6ccoc56)CC4)cc3)c21. The second-order valence-corrected chi connectivity index (χ2v) is 11.5. The number of fused-ring (bicyclic) bond motifs is 3. The van der Waals surface area contributed by atoms with E-state index in [4.69, 9.17) is 4.42 Å². The maximum atomic E-state index is 13.3. The molecule has 7 rings (SSSR count). The van der Waals surface area contributed by atoms with E-state index in [9.17, 15) is 13.6 Å². The zero-order valence-electron chi connectivity index (χ0n) is 20.5. The molecule has 0 atom stereocenters. The van der Waals surface area contributed by atoms with Crippen molar-refractivity contribution in [2.24, 2.45) is 0 Å². The topological polar surface area (TPSA) is 98.5 Å². The molecule has 0 aliphatic carbocycles. The zero-order valence-corrected chi connectivity index (χ0v) is 21.3. The first-order valence-electron chi connectivity index (χ1n) is 12.6. The normalized spacial score (nSPS) is 16.4. The molecule has 0 spiro atoms. The molecule has 1 saturated heterocycles. The minimum atomic E-state index is -3.83. The molecule has 4 heterocycles. The number of para-hydroxylation sites is 1. The second-order valence-electron chi connectivity index (χ2n) is 9.71. The molecule has 1 fully saturated rings. The standard InChI is InChI=1S/C28H25N5O4S/c34-33-29-24-18-22-4-1-2-7-26(22)38(35,36)28(24)32(33)19-20-8-10-23(11-9-20)30-13-15-31(16-14-30)25-6-3-5-21-12-17-37-27(21)25/h1-12,17H,13-16,18-19H2. The molecular weight excluding hydrogens is 502 g/mol. The summed E-state index contributed by atoms with van der Waals surface area (Å²) in [5, 5.41) is 17.8. The summed E-state index contributed by atoms with van der Waals surface area (Å²) in [6, 6.07) is 23.0. The highest BCUT2D eigenvalue weighted by atomic mass is 32.2. The van der Waals surface area contributed by atoms with Crippen LogP contribution in [0.3, 0.4) is 0 Å². The number of anilines is 2. The quantitative estimate of drug-likeness (QED) is 0.256. The van der Waals surface area contributed by atoms with Crippen molar-refractivity contribution in [1.82, 2.24) is 9.78 Å². The third-order valence-electron chi connectivity index (χ3n) is 7.48. The van der Waals surface area contributed by atoms with Gasteiger partial charge in [-0.05, 0) is 41.5 Å². The minimum Gasteiger partial charge on any atom is -0.571 e. The van der Waals surface area contributed by atoms with E-state index in [1.807, 2.05) is 30.3 Å². The Labute approximate surface area is 219 Å². The third-order valence-corrected chi connectivity index (χ3v) is 9.41. The largest absolute Gasteiger partial charge is 0.571 e. The summed E-state index contributed by atoms with van der Waals surface area (Å²) >= 11 is 0. The van der Waals surface area contributed by atoms with Gasteiger partial charge in [-0.3, -0.25) is 0 Å². The van der Waals surface area contributed by atoms with Crippen molar-refractivity contribution < 1.29 is 17.8 Å². The summed E-state index contributed by atoms with van der Waals surface area (Å²) in [6.45, 7) is 3.60. The van der Waals surface area contributed by atoms with Gasteiger partial charge in [-0.1, -0.05) is 47.1 Å². The zero-order chi connectivity index (χ0) is 25.9. The van der Waals surface area contributed by atoms with E-state index in [0.29, 0.717) is 22.6 Å². The number of rotatable bonds is 4. The monoisotopic (exact) mass is 527 g/mol. The maximum Gasteiger partial charge on any atom is 0.229 e. The molecule has 5 aromatic rings. The van der Waals surface area contributed by atoms with E-state index in [1.165, 1.54) is 4.68 Å². The van der Waals surface area contributed by atoms with Gasteiger partial charge in [0.1, 0.15) is 6.54 Å². The lowest BCUT2D eigenvalue weighted by Crippen LogP contribution is -2.46. The van der Waals surface area contributed by atoms with Crippen molar-refractivity contribution >= 4 is 32.2 Å². The van der Waals surface area contributed by atoms with Gasteiger partial charge >= 0.3 is 0 Å². The molecule has 2 aliphatic rings. The van der Waals surface area contributed by atoms with Crippen LogP contribution in [0.4, 0.5) is 11.4 Å². The summed E-state index contributed by atoms with van der Waals surface area (Å²) in [5.41, 5.74) is 4.92. The maximum absolute atomic E-state index is 13.3. The molecule has 0 N–H and O–H groups in total. The van der Waals surface area contributed by atoms with Crippen molar-refractivity contribution in [2.45, 2.75) is 22.9 Å². The minimum absolute atomic E-state index is 0.0158. The highest BCUT2D eigenvalue weighted by Crippen LogP contribution is 2.33. The number of benzene rings is 3. The van der Waals surface area contributed by atoms with Gasteiger partial charge in [0.2, 0.25) is 14.9 Å². The molecule has 0 unspecified atom stereocenters. The first kappa shape index (κ1) is 22.9. The first-order chi connectivity index (χ1) is 18.5. The van der Waals surface area contributed by atoms with Crippen LogP contribution in [0.25, 0.3) is 11.0 Å². The van der Waals surface area contributed by atoms with E-state index < -0.39 is 9.84 Å². The summed E-state index contributed by atoms with van der Waals surface area (Å²) in [4.78, 5) is 5.33. The number of aromatic nitrogens is 3. The molecule has 2 aromatic heterocycles. The highest BCUT2D eigenvalue weighted by Gasteiger charge is 2.38. The van der Waals surface area contributed by atoms with Gasteiger partial charge < -0.3 is 19.4 Å². The van der Waals surface area contributed by atoms with E-state index in [2.05, 4.69) is 33.1 Å². The Morgan fingerprint density at radius 3 is 2.47 bits per heavy atom. The molecule has 2 aliphatic heterocycles. The average Bonchev–Trinajstić information content (AvgIpc) is 3.54. The van der Waals surface area contributed by atoms with Crippen molar-refractivity contribution in [1.29, 1.82) is 0 Å². The van der Waals surface area contributed by atoms with Crippen LogP contribution in [0.2, 0.25) is 0 Å². The molecule has 9 nitrogen and oxygen atoms in total. The van der Waals surface area contributed by atoms with Gasteiger partial charge in [0.25, 0.3) is 0 Å². The van der Waals surface area contributed by atoms with Crippen LogP contribution in [0.5, 0.6) is 0 Å². The Balaban J connectivity index is 1.08. The fourth-order valence-electron chi connectivity index (χ4n) is 5.58. The number of hydrogen-bond donors (Lipinski definition) is 0. The van der Waals surface area contributed by atoms with Crippen molar-refractivity contribution in [3.05, 3.63) is 101 Å². The van der Waals surface area contributed by atoms with Crippen LogP contribution >= 0.6 is 0 Å². The van der Waals surface area contributed by atoms with Gasteiger partial charge in [0.15, 0.2) is 11.3 Å². The Morgan fingerprint density at radius 2 is 1.66 bits per heavy atom. The van der Waals surface area contributed by atoms with Crippen LogP contribution in [-0.4, -0.2) is 44.4 Å². The van der Waals surface area contributed by atoms with E-state index in [1.54, 1.807) is 30.5 Å². The second kappa shape index (κ2) is 8.63. The molecular formula is C28H25N5O4S. The highest BCUT2D eigenvalue weighted by molar-refractivity contribution is 7.91. The van der Waals surface area contributed by atoms with E-state index >= 15 is 0 Å². The lowest BCUT2D eigenvalue weighted by Gasteiger charge is -2.37.